The molecule has 1 nitrogen and oxygen atoms in total. The summed E-state index contributed by atoms with van der Waals surface area (Å²) in [5.74, 6) is 1.73. The molecule has 0 fully saturated rings. The molecule has 0 aliphatic rings. The smallest absolute Gasteiger partial charge is 0.0330 e. The van der Waals surface area contributed by atoms with Gasteiger partial charge in [0.25, 0.3) is 0 Å². The van der Waals surface area contributed by atoms with E-state index in [9.17, 15) is 0 Å². The van der Waals surface area contributed by atoms with Gasteiger partial charge in [0.1, 0.15) is 0 Å². The molecule has 0 radical (unpaired) electrons. The van der Waals surface area contributed by atoms with Crippen molar-refractivity contribution < 1.29 is 0 Å². The van der Waals surface area contributed by atoms with Crippen LogP contribution in [-0.4, -0.2) is 23.2 Å². The third kappa shape index (κ3) is 5.45. The first-order chi connectivity index (χ1) is 8.17. The standard InChI is InChI=1S/C14H25NS2/c1-4-6-13(11-16)9-15(12(2)3)10-14-7-5-8-17-14/h5,7-8,12-13,16H,4,6,9-11H2,1-3H3. The number of nitrogens with zero attached hydrogens (tertiary/aromatic N) is 1. The van der Waals surface area contributed by atoms with E-state index in [1.807, 2.05) is 11.3 Å². The molecule has 0 aliphatic carbocycles. The molecule has 1 heterocycles. The lowest BCUT2D eigenvalue weighted by molar-refractivity contribution is 0.183. The van der Waals surface area contributed by atoms with Gasteiger partial charge >= 0.3 is 0 Å². The molecule has 0 aliphatic heterocycles. The fourth-order valence-electron chi connectivity index (χ4n) is 2.04. The molecule has 98 valence electrons. The van der Waals surface area contributed by atoms with Crippen LogP contribution in [0.15, 0.2) is 17.5 Å². The minimum atomic E-state index is 0.608. The second-order valence-electron chi connectivity index (χ2n) is 4.94. The zero-order valence-corrected chi connectivity index (χ0v) is 12.9. The molecule has 1 atom stereocenters. The lowest BCUT2D eigenvalue weighted by Crippen LogP contribution is -2.35. The number of hydrogen-bond acceptors (Lipinski definition) is 3. The van der Waals surface area contributed by atoms with E-state index in [4.69, 9.17) is 0 Å². The zero-order chi connectivity index (χ0) is 12.7. The molecular weight excluding hydrogens is 246 g/mol. The summed E-state index contributed by atoms with van der Waals surface area (Å²) >= 11 is 6.34. The molecular formula is C14H25NS2. The highest BCUT2D eigenvalue weighted by Crippen LogP contribution is 2.18. The average Bonchev–Trinajstić information content (AvgIpc) is 2.79. The quantitative estimate of drug-likeness (QED) is 0.690. The van der Waals surface area contributed by atoms with E-state index in [1.54, 1.807) is 0 Å². The number of thiophene rings is 1. The summed E-state index contributed by atoms with van der Waals surface area (Å²) < 4.78 is 0. The van der Waals surface area contributed by atoms with Crippen molar-refractivity contribution in [2.75, 3.05) is 12.3 Å². The molecule has 3 heteroatoms. The topological polar surface area (TPSA) is 3.24 Å². The normalized spacial score (nSPS) is 13.5. The Labute approximate surface area is 116 Å². The molecule has 0 saturated heterocycles. The predicted molar refractivity (Wildman–Crippen MR) is 82.1 cm³/mol. The van der Waals surface area contributed by atoms with E-state index >= 15 is 0 Å². The fourth-order valence-corrected chi connectivity index (χ4v) is 3.07. The first-order valence-electron chi connectivity index (χ1n) is 6.54. The molecule has 1 aromatic heterocycles. The van der Waals surface area contributed by atoms with E-state index in [2.05, 4.69) is 55.8 Å². The Hall–Kier alpha value is 0.01000. The monoisotopic (exact) mass is 271 g/mol. The second kappa shape index (κ2) is 8.17. The summed E-state index contributed by atoms with van der Waals surface area (Å²) in [7, 11) is 0. The molecule has 17 heavy (non-hydrogen) atoms. The van der Waals surface area contributed by atoms with Gasteiger partial charge in [0.05, 0.1) is 0 Å². The van der Waals surface area contributed by atoms with Crippen molar-refractivity contribution in [3.8, 4) is 0 Å². The Morgan fingerprint density at radius 2 is 2.18 bits per heavy atom. The lowest BCUT2D eigenvalue weighted by atomic mass is 10.0. The molecule has 1 rings (SSSR count). The van der Waals surface area contributed by atoms with E-state index in [0.29, 0.717) is 6.04 Å². The van der Waals surface area contributed by atoms with Gasteiger partial charge in [0, 0.05) is 24.0 Å². The highest BCUT2D eigenvalue weighted by atomic mass is 32.1. The maximum absolute atomic E-state index is 4.48. The Bertz CT molecular complexity index is 282. The summed E-state index contributed by atoms with van der Waals surface area (Å²) in [4.78, 5) is 4.04. The van der Waals surface area contributed by atoms with E-state index in [0.717, 1.165) is 18.2 Å². The fraction of sp³-hybridized carbons (Fsp3) is 0.714. The summed E-state index contributed by atoms with van der Waals surface area (Å²) in [6.45, 7) is 9.09. The van der Waals surface area contributed by atoms with Crippen LogP contribution in [0.4, 0.5) is 0 Å². The van der Waals surface area contributed by atoms with Crippen molar-refractivity contribution in [3.63, 3.8) is 0 Å². The summed E-state index contributed by atoms with van der Waals surface area (Å²) in [5.41, 5.74) is 0. The van der Waals surface area contributed by atoms with Crippen molar-refractivity contribution in [1.29, 1.82) is 0 Å². The minimum absolute atomic E-state index is 0.608. The van der Waals surface area contributed by atoms with Gasteiger partial charge in [-0.05, 0) is 43.4 Å². The van der Waals surface area contributed by atoms with E-state index in [1.165, 1.54) is 24.3 Å². The second-order valence-corrected chi connectivity index (χ2v) is 6.34. The molecule has 0 N–H and O–H groups in total. The highest BCUT2D eigenvalue weighted by molar-refractivity contribution is 7.80. The van der Waals surface area contributed by atoms with Crippen molar-refractivity contribution >= 4 is 24.0 Å². The maximum atomic E-state index is 4.48. The van der Waals surface area contributed by atoms with Crippen LogP contribution in [0.5, 0.6) is 0 Å². The number of hydrogen-bond donors (Lipinski definition) is 1. The van der Waals surface area contributed by atoms with Crippen LogP contribution >= 0.6 is 24.0 Å². The molecule has 0 amide bonds. The van der Waals surface area contributed by atoms with Crippen molar-refractivity contribution in [1.82, 2.24) is 4.90 Å². The Morgan fingerprint density at radius 3 is 2.65 bits per heavy atom. The van der Waals surface area contributed by atoms with Gasteiger partial charge in [0.2, 0.25) is 0 Å². The van der Waals surface area contributed by atoms with Gasteiger partial charge in [-0.2, -0.15) is 12.6 Å². The van der Waals surface area contributed by atoms with Gasteiger partial charge < -0.3 is 0 Å². The van der Waals surface area contributed by atoms with Crippen molar-refractivity contribution in [2.45, 2.75) is 46.2 Å². The third-order valence-corrected chi connectivity index (χ3v) is 4.49. The SMILES string of the molecule is CCCC(CS)CN(Cc1cccs1)C(C)C. The van der Waals surface area contributed by atoms with Crippen LogP contribution in [0.3, 0.4) is 0 Å². The van der Waals surface area contributed by atoms with Gasteiger partial charge in [0.15, 0.2) is 0 Å². The summed E-state index contributed by atoms with van der Waals surface area (Å²) in [5, 5.41) is 2.16. The highest BCUT2D eigenvalue weighted by Gasteiger charge is 2.15. The van der Waals surface area contributed by atoms with Gasteiger partial charge in [-0.15, -0.1) is 11.3 Å². The molecule has 0 spiro atoms. The van der Waals surface area contributed by atoms with Crippen molar-refractivity contribution in [2.24, 2.45) is 5.92 Å². The lowest BCUT2D eigenvalue weighted by Gasteiger charge is -2.29. The predicted octanol–water partition coefficient (Wildman–Crippen LogP) is 4.30. The van der Waals surface area contributed by atoms with Crippen LogP contribution in [0.2, 0.25) is 0 Å². The molecule has 0 aromatic carbocycles. The van der Waals surface area contributed by atoms with Gasteiger partial charge in [-0.1, -0.05) is 19.4 Å². The minimum Gasteiger partial charge on any atom is -0.296 e. The molecule has 1 unspecified atom stereocenters. The maximum Gasteiger partial charge on any atom is 0.0330 e. The van der Waals surface area contributed by atoms with Gasteiger partial charge in [-0.25, -0.2) is 0 Å². The Kier molecular flexibility index (Phi) is 7.24. The average molecular weight is 271 g/mol. The van der Waals surface area contributed by atoms with Crippen LogP contribution in [-0.2, 0) is 6.54 Å². The Morgan fingerprint density at radius 1 is 1.41 bits per heavy atom. The molecule has 0 bridgehead atoms. The first kappa shape index (κ1) is 15.1. The molecule has 1 aromatic rings. The molecule has 0 saturated carbocycles. The first-order valence-corrected chi connectivity index (χ1v) is 8.05. The van der Waals surface area contributed by atoms with Crippen LogP contribution in [0, 0.1) is 5.92 Å². The van der Waals surface area contributed by atoms with Crippen molar-refractivity contribution in [3.05, 3.63) is 22.4 Å². The van der Waals surface area contributed by atoms with Crippen LogP contribution < -0.4 is 0 Å². The zero-order valence-electron chi connectivity index (χ0n) is 11.2. The summed E-state index contributed by atoms with van der Waals surface area (Å²) in [6, 6.07) is 4.98. The van der Waals surface area contributed by atoms with E-state index < -0.39 is 0 Å². The van der Waals surface area contributed by atoms with E-state index in [-0.39, 0.29) is 0 Å². The largest absolute Gasteiger partial charge is 0.296 e. The van der Waals surface area contributed by atoms with Gasteiger partial charge in [-0.3, -0.25) is 4.90 Å². The van der Waals surface area contributed by atoms with Crippen LogP contribution in [0.25, 0.3) is 0 Å². The van der Waals surface area contributed by atoms with Crippen LogP contribution in [0.1, 0.15) is 38.5 Å². The Balaban J connectivity index is 2.53. The summed E-state index contributed by atoms with van der Waals surface area (Å²) in [6.07, 6.45) is 2.55. The third-order valence-electron chi connectivity index (χ3n) is 3.12. The number of thiol groups is 1. The number of rotatable bonds is 8.